The summed E-state index contributed by atoms with van der Waals surface area (Å²) in [4.78, 5) is 52.3. The Morgan fingerprint density at radius 2 is 1.93 bits per heavy atom. The van der Waals surface area contributed by atoms with Crippen molar-refractivity contribution in [3.05, 3.63) is 63.7 Å². The molecule has 11 heteroatoms. The molecule has 0 spiro atoms. The lowest BCUT2D eigenvalue weighted by Gasteiger charge is -2.35. The van der Waals surface area contributed by atoms with Gasteiger partial charge >= 0.3 is 5.91 Å². The Balaban J connectivity index is 1.15. The van der Waals surface area contributed by atoms with Gasteiger partial charge in [0.15, 0.2) is 6.04 Å². The minimum absolute atomic E-state index is 0.0856. The van der Waals surface area contributed by atoms with Gasteiger partial charge in [0.25, 0.3) is 5.91 Å². The highest BCUT2D eigenvalue weighted by molar-refractivity contribution is 6.32. The quantitative estimate of drug-likeness (QED) is 0.350. The Bertz CT molecular complexity index is 1330. The van der Waals surface area contributed by atoms with Crippen molar-refractivity contribution in [1.82, 2.24) is 15.5 Å². The number of benzene rings is 2. The molecule has 3 aliphatic heterocycles. The van der Waals surface area contributed by atoms with Crippen LogP contribution in [0.4, 0.5) is 0 Å². The fourth-order valence-corrected chi connectivity index (χ4v) is 5.77. The zero-order valence-corrected chi connectivity index (χ0v) is 23.3. The van der Waals surface area contributed by atoms with E-state index >= 15 is 0 Å². The van der Waals surface area contributed by atoms with Crippen LogP contribution in [0, 0.1) is 0 Å². The third-order valence-corrected chi connectivity index (χ3v) is 8.19. The second-order valence-electron chi connectivity index (χ2n) is 10.7. The topological polar surface area (TPSA) is 114 Å². The minimum atomic E-state index is -0.603. The van der Waals surface area contributed by atoms with Gasteiger partial charge in [-0.2, -0.15) is 0 Å². The van der Waals surface area contributed by atoms with Crippen molar-refractivity contribution in [2.75, 3.05) is 46.5 Å². The molecule has 2 aromatic carbocycles. The number of hydrogen-bond acceptors (Lipinski definition) is 7. The first-order chi connectivity index (χ1) is 19.2. The van der Waals surface area contributed by atoms with E-state index < -0.39 is 11.9 Å². The third-order valence-electron chi connectivity index (χ3n) is 7.88. The summed E-state index contributed by atoms with van der Waals surface area (Å²) in [6, 6.07) is 10.2. The Hall–Kier alpha value is -3.31. The van der Waals surface area contributed by atoms with Crippen molar-refractivity contribution in [1.29, 1.82) is 0 Å². The van der Waals surface area contributed by atoms with E-state index in [0.717, 1.165) is 49.5 Å². The Morgan fingerprint density at radius 1 is 1.15 bits per heavy atom. The lowest BCUT2D eigenvalue weighted by molar-refractivity contribution is -0.855. The van der Waals surface area contributed by atoms with Crippen LogP contribution in [0.15, 0.2) is 36.4 Å². The first-order valence-corrected chi connectivity index (χ1v) is 13.9. The minimum Gasteiger partial charge on any atom is -0.491 e. The largest absolute Gasteiger partial charge is 0.491 e. The number of ether oxygens (including phenoxy) is 2. The molecule has 0 saturated carbocycles. The molecule has 0 bridgehead atoms. The number of amides is 4. The zero-order chi connectivity index (χ0) is 28.3. The van der Waals surface area contributed by atoms with Crippen LogP contribution in [0.2, 0.25) is 5.02 Å². The third kappa shape index (κ3) is 6.20. The van der Waals surface area contributed by atoms with Crippen molar-refractivity contribution < 1.29 is 33.1 Å². The number of nitrogens with zero attached hydrogens (tertiary/aromatic N) is 2. The van der Waals surface area contributed by atoms with Gasteiger partial charge in [-0.25, -0.2) is 9.28 Å². The molecular weight excluding hydrogens is 536 g/mol. The number of halogens is 1. The number of carbonyl (C=O) groups is 4. The Kier molecular flexibility index (Phi) is 8.51. The normalized spacial score (nSPS) is 23.1. The Labute approximate surface area is 238 Å². The summed E-state index contributed by atoms with van der Waals surface area (Å²) in [5.74, 6) is -0.435. The SMILES string of the molecule is C[N+]1(C2CCC(=O)NC2=O)Cc2cc(CNC(=O)Cc3ccc(Cl)c(OCCN4CCOCC4)c3)ccc2C1=O. The molecule has 2 saturated heterocycles. The Morgan fingerprint density at radius 3 is 2.70 bits per heavy atom. The van der Waals surface area contributed by atoms with Crippen molar-refractivity contribution in [2.24, 2.45) is 0 Å². The number of likely N-dealkylation sites (N-methyl/N-ethyl adjacent to an activating group) is 1. The molecule has 3 heterocycles. The summed E-state index contributed by atoms with van der Waals surface area (Å²) < 4.78 is 11.2. The molecule has 2 unspecified atom stereocenters. The average Bonchev–Trinajstić information content (AvgIpc) is 3.19. The van der Waals surface area contributed by atoms with E-state index in [4.69, 9.17) is 21.1 Å². The van der Waals surface area contributed by atoms with E-state index in [1.165, 1.54) is 0 Å². The highest BCUT2D eigenvalue weighted by Gasteiger charge is 2.51. The highest BCUT2D eigenvalue weighted by atomic mass is 35.5. The van der Waals surface area contributed by atoms with E-state index in [0.29, 0.717) is 42.5 Å². The molecule has 0 radical (unpaired) electrons. The van der Waals surface area contributed by atoms with Crippen LogP contribution in [0.25, 0.3) is 0 Å². The van der Waals surface area contributed by atoms with Gasteiger partial charge in [0, 0.05) is 44.6 Å². The first-order valence-electron chi connectivity index (χ1n) is 13.6. The van der Waals surface area contributed by atoms with E-state index in [-0.39, 0.29) is 35.0 Å². The molecule has 0 aliphatic carbocycles. The van der Waals surface area contributed by atoms with E-state index in [2.05, 4.69) is 15.5 Å². The second-order valence-corrected chi connectivity index (χ2v) is 11.1. The lowest BCUT2D eigenvalue weighted by Crippen LogP contribution is -2.61. The smallest absolute Gasteiger partial charge is 0.347 e. The zero-order valence-electron chi connectivity index (χ0n) is 22.5. The van der Waals surface area contributed by atoms with Gasteiger partial charge in [-0.05, 0) is 35.4 Å². The van der Waals surface area contributed by atoms with Crippen LogP contribution in [0.5, 0.6) is 5.75 Å². The van der Waals surface area contributed by atoms with Crippen molar-refractivity contribution in [3.8, 4) is 5.75 Å². The van der Waals surface area contributed by atoms with Gasteiger partial charge in [-0.1, -0.05) is 23.7 Å². The summed E-state index contributed by atoms with van der Waals surface area (Å²) in [5, 5.41) is 5.80. The summed E-state index contributed by atoms with van der Waals surface area (Å²) in [6.07, 6.45) is 0.737. The summed E-state index contributed by atoms with van der Waals surface area (Å²) in [5.41, 5.74) is 3.06. The number of fused-ring (bicyclic) bond motifs is 1. The van der Waals surface area contributed by atoms with Crippen molar-refractivity contribution in [2.45, 2.75) is 38.4 Å². The number of carbonyl (C=O) groups excluding carboxylic acids is 4. The predicted octanol–water partition coefficient (Wildman–Crippen LogP) is 1.82. The average molecular weight is 570 g/mol. The number of nitrogens with one attached hydrogen (secondary N) is 2. The maximum Gasteiger partial charge on any atom is 0.347 e. The van der Waals surface area contributed by atoms with E-state index in [9.17, 15) is 19.2 Å². The summed E-state index contributed by atoms with van der Waals surface area (Å²) >= 11 is 6.31. The van der Waals surface area contributed by atoms with Gasteiger partial charge < -0.3 is 14.8 Å². The maximum absolute atomic E-state index is 13.2. The van der Waals surface area contributed by atoms with Crippen LogP contribution >= 0.6 is 11.6 Å². The van der Waals surface area contributed by atoms with Crippen LogP contribution in [-0.2, 0) is 38.6 Å². The van der Waals surface area contributed by atoms with Gasteiger partial charge in [0.05, 0.1) is 37.3 Å². The molecular formula is C29H34ClN4O6+. The molecule has 0 aromatic heterocycles. The number of piperidine rings is 1. The molecule has 10 nitrogen and oxygen atoms in total. The second kappa shape index (κ2) is 12.1. The standard InChI is InChI=1S/C29H33ClN4O6/c1-34(24-6-7-26(35)32-28(24)37)18-21-14-20(2-4-22(21)29(34)38)17-31-27(36)16-19-3-5-23(30)25(15-19)40-13-10-33-8-11-39-12-9-33/h2-5,14-15,24H,6-13,16-18H2,1H3,(H-,31,32,35,36,37)/p+1. The van der Waals surface area contributed by atoms with Gasteiger partial charge in [-0.15, -0.1) is 0 Å². The monoisotopic (exact) mass is 569 g/mol. The fraction of sp³-hybridized carbons (Fsp3) is 0.448. The van der Waals surface area contributed by atoms with Crippen LogP contribution in [0.1, 0.15) is 39.9 Å². The number of morpholine rings is 1. The fourth-order valence-electron chi connectivity index (χ4n) is 5.60. The summed E-state index contributed by atoms with van der Waals surface area (Å²) in [7, 11) is 1.75. The first kappa shape index (κ1) is 28.2. The van der Waals surface area contributed by atoms with Gasteiger partial charge in [0.1, 0.15) is 18.9 Å². The van der Waals surface area contributed by atoms with Crippen LogP contribution in [0.3, 0.4) is 0 Å². The molecule has 2 N–H and O–H groups in total. The summed E-state index contributed by atoms with van der Waals surface area (Å²) in [6.45, 7) is 5.18. The highest BCUT2D eigenvalue weighted by Crippen LogP contribution is 2.34. The number of imide groups is 1. The molecule has 5 rings (SSSR count). The molecule has 212 valence electrons. The molecule has 40 heavy (non-hydrogen) atoms. The maximum atomic E-state index is 13.2. The molecule has 4 amide bonds. The van der Waals surface area contributed by atoms with E-state index in [1.807, 2.05) is 18.2 Å². The van der Waals surface area contributed by atoms with Crippen LogP contribution < -0.4 is 15.4 Å². The molecule has 2 aromatic rings. The molecule has 2 fully saturated rings. The number of hydrogen-bond donors (Lipinski definition) is 2. The number of quaternary nitrogens is 1. The van der Waals surface area contributed by atoms with Crippen molar-refractivity contribution in [3.63, 3.8) is 0 Å². The lowest BCUT2D eigenvalue weighted by atomic mass is 10.0. The molecule has 3 aliphatic rings. The molecule has 2 atom stereocenters. The van der Waals surface area contributed by atoms with Gasteiger partial charge in [0.2, 0.25) is 11.8 Å². The van der Waals surface area contributed by atoms with Gasteiger partial charge in [-0.3, -0.25) is 24.6 Å². The van der Waals surface area contributed by atoms with E-state index in [1.54, 1.807) is 25.2 Å². The predicted molar refractivity (Wildman–Crippen MR) is 147 cm³/mol. The van der Waals surface area contributed by atoms with Crippen LogP contribution in [-0.4, -0.2) is 85.6 Å². The number of rotatable bonds is 9. The van der Waals surface area contributed by atoms with Crippen molar-refractivity contribution >= 4 is 35.2 Å².